The summed E-state index contributed by atoms with van der Waals surface area (Å²) in [7, 11) is 0. The molecular weight excluding hydrogens is 252 g/mol. The molecule has 4 nitrogen and oxygen atoms in total. The summed E-state index contributed by atoms with van der Waals surface area (Å²) < 4.78 is 5.34. The molecule has 1 aromatic carbocycles. The van der Waals surface area contributed by atoms with Gasteiger partial charge in [-0.2, -0.15) is 0 Å². The van der Waals surface area contributed by atoms with Crippen molar-refractivity contribution in [2.24, 2.45) is 0 Å². The van der Waals surface area contributed by atoms with Gasteiger partial charge in [-0.05, 0) is 44.2 Å². The summed E-state index contributed by atoms with van der Waals surface area (Å²) >= 11 is 0. The van der Waals surface area contributed by atoms with E-state index in [2.05, 4.69) is 24.5 Å². The number of anilines is 1. The van der Waals surface area contributed by atoms with Crippen molar-refractivity contribution in [3.8, 4) is 0 Å². The van der Waals surface area contributed by atoms with Gasteiger partial charge in [0.1, 0.15) is 5.76 Å². The van der Waals surface area contributed by atoms with Crippen molar-refractivity contribution in [1.82, 2.24) is 5.32 Å². The second-order valence-corrected chi connectivity index (χ2v) is 4.73. The van der Waals surface area contributed by atoms with Crippen LogP contribution in [0, 0.1) is 6.92 Å². The average Bonchev–Trinajstić information content (AvgIpc) is 2.86. The number of rotatable bonds is 5. The molecule has 0 bridgehead atoms. The van der Waals surface area contributed by atoms with E-state index in [0.717, 1.165) is 23.6 Å². The van der Waals surface area contributed by atoms with Gasteiger partial charge in [-0.15, -0.1) is 0 Å². The van der Waals surface area contributed by atoms with Gasteiger partial charge in [-0.3, -0.25) is 4.79 Å². The number of furan rings is 1. The first-order valence-corrected chi connectivity index (χ1v) is 6.82. The third kappa shape index (κ3) is 3.27. The minimum Gasteiger partial charge on any atom is -0.456 e. The smallest absolute Gasteiger partial charge is 0.291 e. The molecule has 1 atom stereocenters. The van der Waals surface area contributed by atoms with Crippen LogP contribution in [0.25, 0.3) is 0 Å². The van der Waals surface area contributed by atoms with Crippen molar-refractivity contribution in [3.63, 3.8) is 0 Å². The lowest BCUT2D eigenvalue weighted by Gasteiger charge is -2.17. The van der Waals surface area contributed by atoms with Crippen LogP contribution in [0.5, 0.6) is 0 Å². The highest BCUT2D eigenvalue weighted by Crippen LogP contribution is 2.23. The first-order chi connectivity index (χ1) is 9.61. The average molecular weight is 272 g/mol. The van der Waals surface area contributed by atoms with Crippen molar-refractivity contribution >= 4 is 11.6 Å². The van der Waals surface area contributed by atoms with E-state index >= 15 is 0 Å². The SMILES string of the molecule is CCNC(C)c1ccccc1NC(=O)c1ccc(C)o1. The fraction of sp³-hybridized carbons (Fsp3) is 0.312. The number of amides is 1. The molecule has 0 aliphatic carbocycles. The van der Waals surface area contributed by atoms with Crippen LogP contribution in [-0.4, -0.2) is 12.5 Å². The van der Waals surface area contributed by atoms with E-state index in [4.69, 9.17) is 4.42 Å². The van der Waals surface area contributed by atoms with Gasteiger partial charge in [0.05, 0.1) is 0 Å². The molecule has 0 radical (unpaired) electrons. The van der Waals surface area contributed by atoms with Gasteiger partial charge >= 0.3 is 0 Å². The Morgan fingerprint density at radius 1 is 1.25 bits per heavy atom. The van der Waals surface area contributed by atoms with Gasteiger partial charge in [-0.1, -0.05) is 25.1 Å². The van der Waals surface area contributed by atoms with E-state index in [0.29, 0.717) is 5.76 Å². The molecule has 106 valence electrons. The van der Waals surface area contributed by atoms with Crippen LogP contribution in [0.1, 0.15) is 41.8 Å². The maximum atomic E-state index is 12.1. The third-order valence-corrected chi connectivity index (χ3v) is 3.15. The minimum absolute atomic E-state index is 0.176. The number of para-hydroxylation sites is 1. The molecule has 0 fully saturated rings. The zero-order valence-electron chi connectivity index (χ0n) is 12.1. The first-order valence-electron chi connectivity index (χ1n) is 6.82. The van der Waals surface area contributed by atoms with Crippen LogP contribution in [-0.2, 0) is 0 Å². The summed E-state index contributed by atoms with van der Waals surface area (Å²) in [6.07, 6.45) is 0. The summed E-state index contributed by atoms with van der Waals surface area (Å²) in [6, 6.07) is 11.4. The zero-order chi connectivity index (χ0) is 14.5. The molecule has 20 heavy (non-hydrogen) atoms. The molecule has 1 heterocycles. The normalized spacial score (nSPS) is 12.2. The Bertz CT molecular complexity index is 590. The number of aryl methyl sites for hydroxylation is 1. The van der Waals surface area contributed by atoms with Crippen LogP contribution in [0.3, 0.4) is 0 Å². The quantitative estimate of drug-likeness (QED) is 0.875. The second kappa shape index (κ2) is 6.39. The molecule has 0 saturated carbocycles. The molecule has 1 amide bonds. The lowest BCUT2D eigenvalue weighted by molar-refractivity contribution is 0.0995. The van der Waals surface area contributed by atoms with Crippen LogP contribution < -0.4 is 10.6 Å². The minimum atomic E-state index is -0.228. The van der Waals surface area contributed by atoms with E-state index in [1.807, 2.05) is 31.2 Å². The largest absolute Gasteiger partial charge is 0.456 e. The molecule has 0 aliphatic heterocycles. The van der Waals surface area contributed by atoms with Crippen molar-refractivity contribution in [2.75, 3.05) is 11.9 Å². The van der Waals surface area contributed by atoms with Crippen molar-refractivity contribution < 1.29 is 9.21 Å². The van der Waals surface area contributed by atoms with Crippen LogP contribution in [0.4, 0.5) is 5.69 Å². The molecular formula is C16H20N2O2. The molecule has 0 aliphatic rings. The summed E-state index contributed by atoms with van der Waals surface area (Å²) in [4.78, 5) is 12.1. The summed E-state index contributed by atoms with van der Waals surface area (Å²) in [5.41, 5.74) is 1.87. The fourth-order valence-electron chi connectivity index (χ4n) is 2.15. The van der Waals surface area contributed by atoms with Crippen LogP contribution >= 0.6 is 0 Å². The Morgan fingerprint density at radius 3 is 2.65 bits per heavy atom. The van der Waals surface area contributed by atoms with E-state index in [1.54, 1.807) is 12.1 Å². The highest BCUT2D eigenvalue weighted by molar-refractivity contribution is 6.02. The predicted molar refractivity (Wildman–Crippen MR) is 79.9 cm³/mol. The lowest BCUT2D eigenvalue weighted by Crippen LogP contribution is -2.20. The molecule has 0 spiro atoms. The van der Waals surface area contributed by atoms with Gasteiger partial charge < -0.3 is 15.1 Å². The number of carbonyl (C=O) groups excluding carboxylic acids is 1. The molecule has 2 rings (SSSR count). The number of carbonyl (C=O) groups is 1. The number of hydrogen-bond donors (Lipinski definition) is 2. The van der Waals surface area contributed by atoms with Gasteiger partial charge in [0.25, 0.3) is 5.91 Å². The van der Waals surface area contributed by atoms with Gasteiger partial charge in [0.2, 0.25) is 0 Å². The summed E-state index contributed by atoms with van der Waals surface area (Å²) in [6.45, 7) is 6.83. The number of benzene rings is 1. The van der Waals surface area contributed by atoms with Crippen LogP contribution in [0.2, 0.25) is 0 Å². The monoisotopic (exact) mass is 272 g/mol. The predicted octanol–water partition coefficient (Wildman–Crippen LogP) is 3.51. The first kappa shape index (κ1) is 14.3. The van der Waals surface area contributed by atoms with Gasteiger partial charge in [0.15, 0.2) is 5.76 Å². The maximum Gasteiger partial charge on any atom is 0.291 e. The molecule has 1 unspecified atom stereocenters. The van der Waals surface area contributed by atoms with E-state index in [1.165, 1.54) is 0 Å². The Balaban J connectivity index is 2.19. The second-order valence-electron chi connectivity index (χ2n) is 4.73. The Labute approximate surface area is 119 Å². The lowest BCUT2D eigenvalue weighted by atomic mass is 10.1. The highest BCUT2D eigenvalue weighted by Gasteiger charge is 2.14. The van der Waals surface area contributed by atoms with Crippen molar-refractivity contribution in [3.05, 3.63) is 53.5 Å². The van der Waals surface area contributed by atoms with E-state index < -0.39 is 0 Å². The third-order valence-electron chi connectivity index (χ3n) is 3.15. The van der Waals surface area contributed by atoms with E-state index in [-0.39, 0.29) is 11.9 Å². The van der Waals surface area contributed by atoms with Gasteiger partial charge in [-0.25, -0.2) is 0 Å². The topological polar surface area (TPSA) is 54.3 Å². The number of nitrogens with one attached hydrogen (secondary N) is 2. The molecule has 4 heteroatoms. The Hall–Kier alpha value is -2.07. The van der Waals surface area contributed by atoms with Crippen molar-refractivity contribution in [1.29, 1.82) is 0 Å². The van der Waals surface area contributed by atoms with Crippen LogP contribution in [0.15, 0.2) is 40.8 Å². The number of hydrogen-bond acceptors (Lipinski definition) is 3. The molecule has 2 N–H and O–H groups in total. The highest BCUT2D eigenvalue weighted by atomic mass is 16.3. The Morgan fingerprint density at radius 2 is 2.00 bits per heavy atom. The zero-order valence-corrected chi connectivity index (χ0v) is 12.1. The summed E-state index contributed by atoms with van der Waals surface area (Å²) in [5.74, 6) is 0.826. The maximum absolute atomic E-state index is 12.1. The molecule has 1 aromatic heterocycles. The molecule has 2 aromatic rings. The standard InChI is InChI=1S/C16H20N2O2/c1-4-17-12(3)13-7-5-6-8-14(13)18-16(19)15-10-9-11(2)20-15/h5-10,12,17H,4H2,1-3H3,(H,18,19). The van der Waals surface area contributed by atoms with Crippen molar-refractivity contribution in [2.45, 2.75) is 26.8 Å². The summed E-state index contributed by atoms with van der Waals surface area (Å²) in [5, 5.41) is 6.25. The van der Waals surface area contributed by atoms with E-state index in [9.17, 15) is 4.79 Å². The Kier molecular flexibility index (Phi) is 4.58. The van der Waals surface area contributed by atoms with Gasteiger partial charge in [0, 0.05) is 11.7 Å². The molecule has 0 saturated heterocycles. The fourth-order valence-corrected chi connectivity index (χ4v) is 2.15.